The van der Waals surface area contributed by atoms with Gasteiger partial charge in [-0.05, 0) is 50.1 Å². The van der Waals surface area contributed by atoms with Crippen LogP contribution in [0.2, 0.25) is 0 Å². The summed E-state index contributed by atoms with van der Waals surface area (Å²) in [5.41, 5.74) is -0.583. The summed E-state index contributed by atoms with van der Waals surface area (Å²) in [7, 11) is 2.71. The van der Waals surface area contributed by atoms with Crippen LogP contribution in [0, 0.1) is 0 Å². The Morgan fingerprint density at radius 3 is 3.19 bits per heavy atom. The molecule has 5 heteroatoms. The van der Waals surface area contributed by atoms with E-state index >= 15 is 0 Å². The Bertz CT molecular complexity index is 1070. The monoisotopic (exact) mass is 297 g/mol. The number of fused-ring (bicyclic) bond motifs is 1. The Hall–Kier alpha value is -2.01. The fraction of sp³-hybridized carbons (Fsp3) is 0.438. The van der Waals surface area contributed by atoms with E-state index in [4.69, 9.17) is 13.7 Å². The Morgan fingerprint density at radius 1 is 1.62 bits per heavy atom. The van der Waals surface area contributed by atoms with Crippen molar-refractivity contribution in [2.24, 2.45) is 0 Å². The number of nitrogens with one attached hydrogen (secondary N) is 2. The number of rotatable bonds is 5. The molecule has 2 aromatic rings. The van der Waals surface area contributed by atoms with Crippen LogP contribution in [0.1, 0.15) is 24.8 Å². The van der Waals surface area contributed by atoms with Crippen LogP contribution in [0.25, 0.3) is 10.9 Å². The Balaban J connectivity index is 2.25. The highest BCUT2D eigenvalue weighted by Crippen LogP contribution is 2.21. The van der Waals surface area contributed by atoms with Gasteiger partial charge in [0.1, 0.15) is 6.56 Å². The highest BCUT2D eigenvalue weighted by molar-refractivity contribution is 5.84. The summed E-state index contributed by atoms with van der Waals surface area (Å²) in [6.07, 6.45) is -3.38. The van der Waals surface area contributed by atoms with Gasteiger partial charge >= 0.3 is 6.09 Å². The van der Waals surface area contributed by atoms with Gasteiger partial charge in [0.05, 0.1) is 14.2 Å². The lowest BCUT2D eigenvalue weighted by molar-refractivity contribution is 0.177. The summed E-state index contributed by atoms with van der Waals surface area (Å²) in [5, 5.41) is 1.87. The van der Waals surface area contributed by atoms with Gasteiger partial charge in [0, 0.05) is 29.1 Å². The summed E-state index contributed by atoms with van der Waals surface area (Å²) in [6, 6.07) is -3.77. The number of aryl methyl sites for hydroxylation is 1. The van der Waals surface area contributed by atoms with Crippen LogP contribution in [0.3, 0.4) is 0 Å². The molecule has 1 aromatic heterocycles. The molecule has 0 bridgehead atoms. The van der Waals surface area contributed by atoms with Gasteiger partial charge in [-0.3, -0.25) is 0 Å². The predicted molar refractivity (Wildman–Crippen MR) is 82.5 cm³/mol. The molecule has 0 saturated carbocycles. The number of aromatic amines is 1. The third-order valence-electron chi connectivity index (χ3n) is 2.78. The van der Waals surface area contributed by atoms with Gasteiger partial charge in [-0.15, -0.1) is 0 Å². The molecule has 1 aromatic carbocycles. The molecule has 1 atom stereocenters. The summed E-state index contributed by atoms with van der Waals surface area (Å²) in [5.74, 6) is 0. The average Bonchev–Trinajstić information content (AvgIpc) is 3.16. The average molecular weight is 297 g/mol. The Labute approximate surface area is 138 Å². The lowest BCUT2D eigenvalue weighted by atomic mass is 10.0. The van der Waals surface area contributed by atoms with E-state index in [9.17, 15) is 4.79 Å². The number of nitrogens with zero attached hydrogens (tertiary/aromatic N) is 1. The topological polar surface area (TPSA) is 57.4 Å². The highest BCUT2D eigenvalue weighted by atomic mass is 16.6. The number of ether oxygens (including phenoxy) is 1. The van der Waals surface area contributed by atoms with E-state index in [1.807, 2.05) is 5.32 Å². The third-order valence-corrected chi connectivity index (χ3v) is 2.78. The zero-order valence-corrected chi connectivity index (χ0v) is 11.5. The lowest BCUT2D eigenvalue weighted by Crippen LogP contribution is -2.28. The summed E-state index contributed by atoms with van der Waals surface area (Å²) in [4.78, 5) is 15.2. The Kier molecular flexibility index (Phi) is 1.76. The maximum atomic E-state index is 11.5. The molecule has 1 aliphatic rings. The van der Waals surface area contributed by atoms with Crippen molar-refractivity contribution in [3.05, 3.63) is 35.5 Å². The molecule has 0 radical (unpaired) electrons. The summed E-state index contributed by atoms with van der Waals surface area (Å²) >= 11 is 0. The number of likely N-dealkylation sites (N-methyl/N-ethyl adjacent to an activating group) is 1. The fourth-order valence-corrected chi connectivity index (χ4v) is 1.87. The smallest absolute Gasteiger partial charge is 0.407 e. The summed E-state index contributed by atoms with van der Waals surface area (Å²) in [6.45, 7) is -5.28. The van der Waals surface area contributed by atoms with E-state index in [1.165, 1.54) is 14.1 Å². The molecule has 1 aliphatic heterocycles. The van der Waals surface area contributed by atoms with Crippen LogP contribution in [0.15, 0.2) is 24.3 Å². The van der Waals surface area contributed by atoms with Crippen LogP contribution in [0.4, 0.5) is 4.79 Å². The van der Waals surface area contributed by atoms with E-state index in [1.54, 1.807) is 0 Å². The number of hydrogen-bond acceptors (Lipinski definition) is 3. The van der Waals surface area contributed by atoms with E-state index in [0.29, 0.717) is 0 Å². The molecule has 1 amide bonds. The minimum absolute atomic E-state index is 0.0547. The SMILES string of the molecule is [2H]c1c(C[C@]2([2H])NC(=O)OC2([2H])[2H])c([2H])c2c(C([2H])([2H])C([2H])([2H])N(C)C)c[nH]c2c1[2H]. The highest BCUT2D eigenvalue weighted by Gasteiger charge is 2.22. The van der Waals surface area contributed by atoms with Gasteiger partial charge in [-0.1, -0.05) is 6.04 Å². The molecular weight excluding hydrogens is 266 g/mol. The number of cyclic esters (lactones) is 1. The maximum absolute atomic E-state index is 11.5. The molecule has 5 nitrogen and oxygen atoms in total. The standard InChI is InChI=1S/C16H21N3O2/c1-19(2)6-5-12-9-17-15-4-3-11(8-14(12)15)7-13-10-21-16(20)18-13/h3-4,8-9,13,17H,5-7,10H2,1-2H3,(H,18,20)/t13-/m0/s1/i3D,4D,5D2,6D2,8D,10D2,13D. The molecule has 2 N–H and O–H groups in total. The van der Waals surface area contributed by atoms with Crippen molar-refractivity contribution in [1.82, 2.24) is 15.2 Å². The van der Waals surface area contributed by atoms with E-state index in [2.05, 4.69) is 9.72 Å². The van der Waals surface area contributed by atoms with Crippen molar-refractivity contribution in [2.45, 2.75) is 18.8 Å². The predicted octanol–water partition coefficient (Wildman–Crippen LogP) is 1.92. The molecule has 21 heavy (non-hydrogen) atoms. The van der Waals surface area contributed by atoms with Crippen LogP contribution in [-0.2, 0) is 17.5 Å². The number of amides is 1. The van der Waals surface area contributed by atoms with Gasteiger partial charge in [0.2, 0.25) is 0 Å². The van der Waals surface area contributed by atoms with Crippen LogP contribution >= 0.6 is 0 Å². The van der Waals surface area contributed by atoms with Crippen molar-refractivity contribution in [3.8, 4) is 0 Å². The second-order valence-electron chi connectivity index (χ2n) is 4.71. The number of carbonyl (C=O) groups excluding carboxylic acids is 1. The first-order valence-corrected chi connectivity index (χ1v) is 6.26. The van der Waals surface area contributed by atoms with Gasteiger partial charge in [-0.25, -0.2) is 4.79 Å². The van der Waals surface area contributed by atoms with Crippen molar-refractivity contribution in [3.63, 3.8) is 0 Å². The van der Waals surface area contributed by atoms with E-state index in [0.717, 1.165) is 11.1 Å². The van der Waals surface area contributed by atoms with Gasteiger partial charge in [0.15, 0.2) is 0 Å². The van der Waals surface area contributed by atoms with Gasteiger partial charge in [0.25, 0.3) is 0 Å². The first kappa shape index (κ1) is 6.40. The largest absolute Gasteiger partial charge is 0.447 e. The molecule has 0 spiro atoms. The van der Waals surface area contributed by atoms with Crippen molar-refractivity contribution in [2.75, 3.05) is 27.2 Å². The third kappa shape index (κ3) is 3.19. The molecule has 0 unspecified atom stereocenters. The number of aromatic nitrogens is 1. The molecule has 112 valence electrons. The second-order valence-corrected chi connectivity index (χ2v) is 4.71. The summed E-state index contributed by atoms with van der Waals surface area (Å²) < 4.78 is 86.6. The molecule has 1 fully saturated rings. The Morgan fingerprint density at radius 2 is 2.48 bits per heavy atom. The minimum atomic E-state index is -2.78. The fourth-order valence-electron chi connectivity index (χ4n) is 1.87. The molecular formula is C16H21N3O2. The normalized spacial score (nSPS) is 32.4. The molecule has 2 heterocycles. The van der Waals surface area contributed by atoms with E-state index < -0.39 is 56.1 Å². The second kappa shape index (κ2) is 5.77. The number of benzene rings is 1. The van der Waals surface area contributed by atoms with Crippen LogP contribution in [-0.4, -0.2) is 49.1 Å². The molecule has 0 aliphatic carbocycles. The zero-order valence-electron chi connectivity index (χ0n) is 21.5. The number of carbonyl (C=O) groups is 1. The molecule has 3 rings (SSSR count). The zero-order chi connectivity index (χ0) is 23.7. The first-order chi connectivity index (χ1) is 14.0. The van der Waals surface area contributed by atoms with Crippen molar-refractivity contribution in [1.29, 1.82) is 0 Å². The number of H-pyrrole nitrogens is 1. The minimum Gasteiger partial charge on any atom is -0.447 e. The van der Waals surface area contributed by atoms with Crippen LogP contribution < -0.4 is 5.32 Å². The quantitative estimate of drug-likeness (QED) is 0.886. The molecule has 1 saturated heterocycles. The van der Waals surface area contributed by atoms with Gasteiger partial charge in [-0.2, -0.15) is 0 Å². The number of alkyl carbamates (subject to hydrolysis) is 1. The van der Waals surface area contributed by atoms with Crippen molar-refractivity contribution < 1.29 is 23.2 Å². The number of hydrogen-bond donors (Lipinski definition) is 2. The van der Waals surface area contributed by atoms with Crippen LogP contribution in [0.5, 0.6) is 0 Å². The van der Waals surface area contributed by atoms with E-state index in [-0.39, 0.29) is 22.0 Å². The first-order valence-electron chi connectivity index (χ1n) is 11.3. The van der Waals surface area contributed by atoms with Gasteiger partial charge < -0.3 is 19.9 Å². The van der Waals surface area contributed by atoms with Crippen molar-refractivity contribution >= 4 is 17.0 Å². The maximum Gasteiger partial charge on any atom is 0.407 e. The lowest BCUT2D eigenvalue weighted by Gasteiger charge is -2.09.